The van der Waals surface area contributed by atoms with Crippen molar-refractivity contribution in [1.29, 1.82) is 0 Å². The molecule has 1 heterocycles. The molecule has 1 aromatic heterocycles. The molecular weight excluding hydrogens is 229 g/mol. The Bertz CT molecular complexity index is 529. The fraction of sp³-hybridized carbons (Fsp3) is 0.500. The number of nitrogens with zero attached hydrogens (tertiary/aromatic N) is 1. The molecule has 1 saturated carbocycles. The minimum atomic E-state index is -0.215. The number of aromatic amines is 1. The van der Waals surface area contributed by atoms with E-state index in [4.69, 9.17) is 0 Å². The van der Waals surface area contributed by atoms with Gasteiger partial charge in [0.05, 0.1) is 10.9 Å². The number of hydrogen-bond donors (Lipinski definition) is 2. The molecule has 0 bridgehead atoms. The van der Waals surface area contributed by atoms with Gasteiger partial charge in [0.25, 0.3) is 0 Å². The zero-order valence-electron chi connectivity index (χ0n) is 10.4. The van der Waals surface area contributed by atoms with Crippen LogP contribution in [-0.2, 0) is 0 Å². The lowest BCUT2D eigenvalue weighted by atomic mass is 9.89. The quantitative estimate of drug-likeness (QED) is 0.868. The maximum atomic E-state index is 13.7. The normalized spacial score (nSPS) is 17.2. The molecule has 0 saturated heterocycles. The van der Waals surface area contributed by atoms with Crippen LogP contribution in [0.5, 0.6) is 0 Å². The molecule has 0 aliphatic heterocycles. The predicted octanol–water partition coefficient (Wildman–Crippen LogP) is 3.69. The molecule has 1 fully saturated rings. The Morgan fingerprint density at radius 3 is 2.94 bits per heavy atom. The second kappa shape index (κ2) is 4.96. The average molecular weight is 247 g/mol. The Balaban J connectivity index is 1.74. The summed E-state index contributed by atoms with van der Waals surface area (Å²) in [6.45, 7) is 0.897. The van der Waals surface area contributed by atoms with Crippen LogP contribution >= 0.6 is 0 Å². The van der Waals surface area contributed by atoms with Crippen LogP contribution in [0.1, 0.15) is 32.1 Å². The Labute approximate surface area is 106 Å². The molecule has 96 valence electrons. The third kappa shape index (κ3) is 2.19. The molecule has 3 rings (SSSR count). The van der Waals surface area contributed by atoms with Crippen molar-refractivity contribution in [3.05, 3.63) is 24.0 Å². The molecule has 1 aromatic carbocycles. The second-order valence-electron chi connectivity index (χ2n) is 5.12. The minimum Gasteiger partial charge on any atom is -0.368 e. The summed E-state index contributed by atoms with van der Waals surface area (Å²) in [5.74, 6) is 1.14. The van der Waals surface area contributed by atoms with Crippen LogP contribution in [0.4, 0.5) is 10.2 Å². The Kier molecular flexibility index (Phi) is 3.17. The van der Waals surface area contributed by atoms with Gasteiger partial charge >= 0.3 is 0 Å². The van der Waals surface area contributed by atoms with Gasteiger partial charge in [-0.05, 0) is 30.9 Å². The Morgan fingerprint density at radius 2 is 2.11 bits per heavy atom. The number of anilines is 1. The predicted molar refractivity (Wildman–Crippen MR) is 71.1 cm³/mol. The van der Waals surface area contributed by atoms with Gasteiger partial charge in [-0.25, -0.2) is 4.39 Å². The van der Waals surface area contributed by atoms with Gasteiger partial charge in [0.1, 0.15) is 5.82 Å². The van der Waals surface area contributed by atoms with Crippen molar-refractivity contribution in [2.75, 3.05) is 11.9 Å². The standard InChI is InChI=1S/C14H18FN3/c15-11-7-4-8-12-13(11)14(18-17-12)16-9-10-5-2-1-3-6-10/h4,7-8,10H,1-3,5-6,9H2,(H2,16,17,18). The molecule has 0 spiro atoms. The lowest BCUT2D eigenvalue weighted by Gasteiger charge is -2.21. The molecule has 2 N–H and O–H groups in total. The molecule has 4 heteroatoms. The molecule has 18 heavy (non-hydrogen) atoms. The number of hydrogen-bond acceptors (Lipinski definition) is 2. The summed E-state index contributed by atoms with van der Waals surface area (Å²) < 4.78 is 13.7. The summed E-state index contributed by atoms with van der Waals surface area (Å²) in [7, 11) is 0. The zero-order valence-corrected chi connectivity index (χ0v) is 10.4. The SMILES string of the molecule is Fc1cccc2[nH]nc(NCC3CCCCC3)c12. The smallest absolute Gasteiger partial charge is 0.158 e. The van der Waals surface area contributed by atoms with Gasteiger partial charge in [0.2, 0.25) is 0 Å². The fourth-order valence-corrected chi connectivity index (χ4v) is 2.79. The van der Waals surface area contributed by atoms with Gasteiger partial charge in [0, 0.05) is 6.54 Å². The van der Waals surface area contributed by atoms with Crippen LogP contribution in [0.2, 0.25) is 0 Å². The van der Waals surface area contributed by atoms with Crippen LogP contribution in [0, 0.1) is 11.7 Å². The summed E-state index contributed by atoms with van der Waals surface area (Å²) in [5, 5.41) is 10.9. The number of fused-ring (bicyclic) bond motifs is 1. The van der Waals surface area contributed by atoms with Crippen molar-refractivity contribution < 1.29 is 4.39 Å². The monoisotopic (exact) mass is 247 g/mol. The fourth-order valence-electron chi connectivity index (χ4n) is 2.79. The van der Waals surface area contributed by atoms with Gasteiger partial charge in [-0.2, -0.15) is 5.10 Å². The van der Waals surface area contributed by atoms with Gasteiger partial charge in [-0.1, -0.05) is 25.3 Å². The van der Waals surface area contributed by atoms with Crippen molar-refractivity contribution >= 4 is 16.7 Å². The van der Waals surface area contributed by atoms with Crippen molar-refractivity contribution in [2.24, 2.45) is 5.92 Å². The summed E-state index contributed by atoms with van der Waals surface area (Å²) in [6, 6.07) is 5.02. The van der Waals surface area contributed by atoms with Crippen molar-refractivity contribution in [1.82, 2.24) is 10.2 Å². The minimum absolute atomic E-state index is 0.215. The Morgan fingerprint density at radius 1 is 1.28 bits per heavy atom. The highest BCUT2D eigenvalue weighted by Crippen LogP contribution is 2.26. The van der Waals surface area contributed by atoms with E-state index in [9.17, 15) is 4.39 Å². The number of halogens is 1. The molecule has 0 unspecified atom stereocenters. The van der Waals surface area contributed by atoms with Crippen molar-refractivity contribution in [2.45, 2.75) is 32.1 Å². The van der Waals surface area contributed by atoms with Crippen LogP contribution in [-0.4, -0.2) is 16.7 Å². The van der Waals surface area contributed by atoms with E-state index in [0.29, 0.717) is 17.1 Å². The lowest BCUT2D eigenvalue weighted by Crippen LogP contribution is -2.17. The first-order valence-corrected chi connectivity index (χ1v) is 6.71. The van der Waals surface area contributed by atoms with E-state index in [1.54, 1.807) is 6.07 Å². The molecule has 1 aliphatic rings. The highest BCUT2D eigenvalue weighted by atomic mass is 19.1. The van der Waals surface area contributed by atoms with Crippen LogP contribution in [0.15, 0.2) is 18.2 Å². The number of benzene rings is 1. The van der Waals surface area contributed by atoms with E-state index < -0.39 is 0 Å². The highest BCUT2D eigenvalue weighted by molar-refractivity contribution is 5.90. The maximum Gasteiger partial charge on any atom is 0.158 e. The second-order valence-corrected chi connectivity index (χ2v) is 5.12. The van der Waals surface area contributed by atoms with E-state index in [-0.39, 0.29) is 5.82 Å². The Hall–Kier alpha value is -1.58. The average Bonchev–Trinajstić information content (AvgIpc) is 2.82. The first-order valence-electron chi connectivity index (χ1n) is 6.71. The van der Waals surface area contributed by atoms with Gasteiger partial charge in [-0.15, -0.1) is 0 Å². The first kappa shape index (κ1) is 11.5. The third-order valence-corrected chi connectivity index (χ3v) is 3.82. The van der Waals surface area contributed by atoms with Gasteiger partial charge in [-0.3, -0.25) is 5.10 Å². The number of aromatic nitrogens is 2. The summed E-state index contributed by atoms with van der Waals surface area (Å²) in [6.07, 6.45) is 6.55. The largest absolute Gasteiger partial charge is 0.368 e. The van der Waals surface area contributed by atoms with E-state index in [0.717, 1.165) is 12.1 Å². The molecule has 1 aliphatic carbocycles. The summed E-state index contributed by atoms with van der Waals surface area (Å²) >= 11 is 0. The lowest BCUT2D eigenvalue weighted by molar-refractivity contribution is 0.373. The van der Waals surface area contributed by atoms with Gasteiger partial charge < -0.3 is 5.32 Å². The molecule has 0 radical (unpaired) electrons. The first-order chi connectivity index (χ1) is 8.84. The zero-order chi connectivity index (χ0) is 12.4. The van der Waals surface area contributed by atoms with Crippen LogP contribution in [0.3, 0.4) is 0 Å². The van der Waals surface area contributed by atoms with E-state index in [1.165, 1.54) is 38.2 Å². The van der Waals surface area contributed by atoms with E-state index in [1.807, 2.05) is 6.07 Å². The number of rotatable bonds is 3. The number of H-pyrrole nitrogens is 1. The molecule has 3 nitrogen and oxygen atoms in total. The molecule has 0 amide bonds. The molecular formula is C14H18FN3. The summed E-state index contributed by atoms with van der Waals surface area (Å²) in [5.41, 5.74) is 0.751. The van der Waals surface area contributed by atoms with Crippen molar-refractivity contribution in [3.8, 4) is 0 Å². The van der Waals surface area contributed by atoms with Crippen LogP contribution < -0.4 is 5.32 Å². The topological polar surface area (TPSA) is 40.7 Å². The number of nitrogens with one attached hydrogen (secondary N) is 2. The van der Waals surface area contributed by atoms with Crippen molar-refractivity contribution in [3.63, 3.8) is 0 Å². The molecule has 0 atom stereocenters. The third-order valence-electron chi connectivity index (χ3n) is 3.82. The maximum absolute atomic E-state index is 13.7. The van der Waals surface area contributed by atoms with Crippen LogP contribution in [0.25, 0.3) is 10.9 Å². The summed E-state index contributed by atoms with van der Waals surface area (Å²) in [4.78, 5) is 0. The van der Waals surface area contributed by atoms with E-state index in [2.05, 4.69) is 15.5 Å². The molecule has 2 aromatic rings. The highest BCUT2D eigenvalue weighted by Gasteiger charge is 2.15. The van der Waals surface area contributed by atoms with E-state index >= 15 is 0 Å². The van der Waals surface area contributed by atoms with Gasteiger partial charge in [0.15, 0.2) is 5.82 Å².